The van der Waals surface area contributed by atoms with Crippen LogP contribution in [0.4, 0.5) is 11.4 Å². The van der Waals surface area contributed by atoms with Gasteiger partial charge in [0.05, 0.1) is 5.92 Å². The molecule has 1 heterocycles. The first kappa shape index (κ1) is 24.3. The third-order valence-electron chi connectivity index (χ3n) is 5.79. The normalized spacial score (nSPS) is 15.1. The van der Waals surface area contributed by atoms with Gasteiger partial charge in [0.2, 0.25) is 5.91 Å². The van der Waals surface area contributed by atoms with Gasteiger partial charge in [-0.3, -0.25) is 14.4 Å². The van der Waals surface area contributed by atoms with Gasteiger partial charge in [0.15, 0.2) is 6.61 Å². The summed E-state index contributed by atoms with van der Waals surface area (Å²) >= 11 is 5.82. The van der Waals surface area contributed by atoms with E-state index in [0.29, 0.717) is 22.1 Å². The van der Waals surface area contributed by atoms with Gasteiger partial charge in [-0.2, -0.15) is 0 Å². The van der Waals surface area contributed by atoms with Crippen LogP contribution in [0.2, 0.25) is 5.02 Å². The number of anilines is 2. The first-order valence-electron chi connectivity index (χ1n) is 11.2. The van der Waals surface area contributed by atoms with Crippen molar-refractivity contribution in [2.45, 2.75) is 20.3 Å². The molecule has 0 bridgehead atoms. The first-order chi connectivity index (χ1) is 16.8. The maximum Gasteiger partial charge on any atom is 0.311 e. The molecule has 180 valence electrons. The van der Waals surface area contributed by atoms with Crippen LogP contribution in [-0.4, -0.2) is 30.9 Å². The highest BCUT2D eigenvalue weighted by Gasteiger charge is 2.36. The number of benzene rings is 3. The van der Waals surface area contributed by atoms with Gasteiger partial charge < -0.3 is 19.7 Å². The summed E-state index contributed by atoms with van der Waals surface area (Å²) in [4.78, 5) is 38.6. The van der Waals surface area contributed by atoms with Crippen LogP contribution in [0.15, 0.2) is 66.7 Å². The standard InChI is InChI=1S/C27H25ClN2O5/c1-17-3-10-24(13-18(17)2)35-23-11-8-22(9-12-23)30-15-19(14-26(30)32)27(33)34-16-25(31)29-21-6-4-20(28)5-7-21/h3-13,19H,14-16H2,1-2H3,(H,29,31)/t19-/m1/s1. The molecule has 4 rings (SSSR count). The molecule has 8 heteroatoms. The van der Waals surface area contributed by atoms with Crippen LogP contribution in [-0.2, 0) is 19.1 Å². The number of esters is 1. The maximum absolute atomic E-state index is 12.5. The fourth-order valence-electron chi connectivity index (χ4n) is 3.71. The average molecular weight is 493 g/mol. The molecule has 0 unspecified atom stereocenters. The lowest BCUT2D eigenvalue weighted by atomic mass is 10.1. The Balaban J connectivity index is 1.29. The molecule has 0 spiro atoms. The Morgan fingerprint density at radius 3 is 2.34 bits per heavy atom. The zero-order valence-electron chi connectivity index (χ0n) is 19.4. The SMILES string of the molecule is Cc1ccc(Oc2ccc(N3C[C@H](C(=O)OCC(=O)Nc4ccc(Cl)cc4)CC3=O)cc2)cc1C. The van der Waals surface area contributed by atoms with E-state index in [1.54, 1.807) is 53.4 Å². The molecule has 0 aliphatic carbocycles. The Morgan fingerprint density at radius 1 is 0.971 bits per heavy atom. The topological polar surface area (TPSA) is 84.9 Å². The molecule has 35 heavy (non-hydrogen) atoms. The van der Waals surface area contributed by atoms with Crippen molar-refractivity contribution in [1.82, 2.24) is 0 Å². The summed E-state index contributed by atoms with van der Waals surface area (Å²) in [5.41, 5.74) is 3.54. The number of amides is 2. The van der Waals surface area contributed by atoms with Gasteiger partial charge in [-0.05, 0) is 85.6 Å². The van der Waals surface area contributed by atoms with Gasteiger partial charge in [-0.15, -0.1) is 0 Å². The third-order valence-corrected chi connectivity index (χ3v) is 6.05. The van der Waals surface area contributed by atoms with Gasteiger partial charge in [-0.1, -0.05) is 17.7 Å². The van der Waals surface area contributed by atoms with Crippen molar-refractivity contribution in [2.24, 2.45) is 5.92 Å². The number of nitrogens with zero attached hydrogens (tertiary/aromatic N) is 1. The van der Waals surface area contributed by atoms with Crippen LogP contribution >= 0.6 is 11.6 Å². The number of rotatable bonds is 7. The Kier molecular flexibility index (Phi) is 7.36. The fourth-order valence-corrected chi connectivity index (χ4v) is 3.83. The molecule has 0 aromatic heterocycles. The van der Waals surface area contributed by atoms with Crippen LogP contribution in [0.25, 0.3) is 0 Å². The summed E-state index contributed by atoms with van der Waals surface area (Å²) in [5, 5.41) is 3.17. The van der Waals surface area contributed by atoms with E-state index >= 15 is 0 Å². The maximum atomic E-state index is 12.5. The van der Waals surface area contributed by atoms with Gasteiger partial charge in [0.25, 0.3) is 5.91 Å². The monoisotopic (exact) mass is 492 g/mol. The van der Waals surface area contributed by atoms with Crippen molar-refractivity contribution in [2.75, 3.05) is 23.4 Å². The van der Waals surface area contributed by atoms with Gasteiger partial charge in [0, 0.05) is 29.4 Å². The molecule has 1 fully saturated rings. The van der Waals surface area contributed by atoms with Crippen LogP contribution in [0, 0.1) is 19.8 Å². The molecule has 1 aliphatic heterocycles. The summed E-state index contributed by atoms with van der Waals surface area (Å²) < 4.78 is 11.0. The molecule has 2 amide bonds. The van der Waals surface area contributed by atoms with Gasteiger partial charge in [-0.25, -0.2) is 0 Å². The minimum absolute atomic E-state index is 0.0263. The molecule has 1 saturated heterocycles. The molecule has 1 N–H and O–H groups in total. The predicted octanol–water partition coefficient (Wildman–Crippen LogP) is 5.28. The van der Waals surface area contributed by atoms with Crippen molar-refractivity contribution in [3.63, 3.8) is 0 Å². The lowest BCUT2D eigenvalue weighted by Crippen LogP contribution is -2.28. The molecule has 1 aliphatic rings. The number of hydrogen-bond acceptors (Lipinski definition) is 5. The Bertz CT molecular complexity index is 1240. The van der Waals surface area contributed by atoms with E-state index in [2.05, 4.69) is 5.32 Å². The highest BCUT2D eigenvalue weighted by molar-refractivity contribution is 6.30. The van der Waals surface area contributed by atoms with Crippen LogP contribution < -0.4 is 15.0 Å². The number of aryl methyl sites for hydroxylation is 2. The quantitative estimate of drug-likeness (QED) is 0.453. The number of carbonyl (C=O) groups excluding carboxylic acids is 3. The zero-order chi connectivity index (χ0) is 24.9. The van der Waals surface area contributed by atoms with Crippen molar-refractivity contribution < 1.29 is 23.9 Å². The van der Waals surface area contributed by atoms with E-state index in [0.717, 1.165) is 11.3 Å². The smallest absolute Gasteiger partial charge is 0.311 e. The van der Waals surface area contributed by atoms with Crippen molar-refractivity contribution in [3.8, 4) is 11.5 Å². The fraction of sp³-hybridized carbons (Fsp3) is 0.222. The number of carbonyl (C=O) groups is 3. The summed E-state index contributed by atoms with van der Waals surface area (Å²) in [7, 11) is 0. The largest absolute Gasteiger partial charge is 0.457 e. The van der Waals surface area contributed by atoms with E-state index in [1.807, 2.05) is 32.0 Å². The van der Waals surface area contributed by atoms with Crippen molar-refractivity contribution in [3.05, 3.63) is 82.9 Å². The number of nitrogens with one attached hydrogen (secondary N) is 1. The predicted molar refractivity (Wildman–Crippen MR) is 134 cm³/mol. The Hall–Kier alpha value is -3.84. The molecule has 3 aromatic carbocycles. The highest BCUT2D eigenvalue weighted by atomic mass is 35.5. The second kappa shape index (κ2) is 10.6. The highest BCUT2D eigenvalue weighted by Crippen LogP contribution is 2.29. The molecular formula is C27H25ClN2O5. The molecular weight excluding hydrogens is 468 g/mol. The van der Waals surface area contributed by atoms with E-state index in [9.17, 15) is 14.4 Å². The Morgan fingerprint density at radius 2 is 1.66 bits per heavy atom. The summed E-state index contributed by atoms with van der Waals surface area (Å²) in [5.74, 6) is -0.493. The summed E-state index contributed by atoms with van der Waals surface area (Å²) in [6.07, 6.45) is 0.0263. The summed E-state index contributed by atoms with van der Waals surface area (Å²) in [6.45, 7) is 3.82. The number of halogens is 1. The lowest BCUT2D eigenvalue weighted by molar-refractivity contribution is -0.151. The second-order valence-electron chi connectivity index (χ2n) is 8.41. The van der Waals surface area contributed by atoms with E-state index in [4.69, 9.17) is 21.1 Å². The number of hydrogen-bond donors (Lipinski definition) is 1. The minimum Gasteiger partial charge on any atom is -0.457 e. The van der Waals surface area contributed by atoms with Crippen molar-refractivity contribution >= 4 is 40.8 Å². The lowest BCUT2D eigenvalue weighted by Gasteiger charge is -2.17. The Labute approximate surface area is 208 Å². The molecule has 1 atom stereocenters. The van der Waals surface area contributed by atoms with E-state index in [1.165, 1.54) is 5.56 Å². The van der Waals surface area contributed by atoms with Crippen LogP contribution in [0.5, 0.6) is 11.5 Å². The van der Waals surface area contributed by atoms with Crippen LogP contribution in [0.3, 0.4) is 0 Å². The van der Waals surface area contributed by atoms with E-state index < -0.39 is 24.4 Å². The van der Waals surface area contributed by atoms with Gasteiger partial charge >= 0.3 is 5.97 Å². The minimum atomic E-state index is -0.641. The zero-order valence-corrected chi connectivity index (χ0v) is 20.2. The van der Waals surface area contributed by atoms with Crippen LogP contribution in [0.1, 0.15) is 17.5 Å². The number of ether oxygens (including phenoxy) is 2. The first-order valence-corrected chi connectivity index (χ1v) is 11.5. The molecule has 3 aromatic rings. The third kappa shape index (κ3) is 6.19. The summed E-state index contributed by atoms with van der Waals surface area (Å²) in [6, 6.07) is 19.6. The van der Waals surface area contributed by atoms with E-state index in [-0.39, 0.29) is 18.9 Å². The second-order valence-corrected chi connectivity index (χ2v) is 8.85. The van der Waals surface area contributed by atoms with Gasteiger partial charge in [0.1, 0.15) is 11.5 Å². The molecule has 0 saturated carbocycles. The van der Waals surface area contributed by atoms with Crippen molar-refractivity contribution in [1.29, 1.82) is 0 Å². The molecule has 0 radical (unpaired) electrons. The molecule has 7 nitrogen and oxygen atoms in total. The average Bonchev–Trinajstić information content (AvgIpc) is 3.23.